The topological polar surface area (TPSA) is 35.9 Å². The zero-order valence-electron chi connectivity index (χ0n) is 15.5. The smallest absolute Gasteiger partial charge is 0.293 e. The molecule has 0 aromatic heterocycles. The molecule has 0 saturated carbocycles. The Bertz CT molecular complexity index is 968. The van der Waals surface area contributed by atoms with E-state index in [0.29, 0.717) is 12.2 Å². The molecule has 152 valence electrons. The second-order valence-electron chi connectivity index (χ2n) is 7.19. The fourth-order valence-corrected chi connectivity index (χ4v) is 3.96. The van der Waals surface area contributed by atoms with E-state index in [-0.39, 0.29) is 17.3 Å². The zero-order chi connectivity index (χ0) is 20.6. The van der Waals surface area contributed by atoms with Crippen molar-refractivity contribution in [2.75, 3.05) is 24.7 Å². The normalized spacial score (nSPS) is 19.1. The Balaban J connectivity index is 1.70. The maximum absolute atomic E-state index is 13.2. The van der Waals surface area contributed by atoms with Gasteiger partial charge in [-0.25, -0.2) is 4.99 Å². The summed E-state index contributed by atoms with van der Waals surface area (Å²) in [5.74, 6) is -0.305. The highest BCUT2D eigenvalue weighted by Crippen LogP contribution is 2.38. The monoisotopic (exact) mass is 421 g/mol. The summed E-state index contributed by atoms with van der Waals surface area (Å²) >= 11 is 5.69. The molecule has 4 nitrogen and oxygen atoms in total. The van der Waals surface area contributed by atoms with Gasteiger partial charge in [0.2, 0.25) is 0 Å². The lowest BCUT2D eigenvalue weighted by Crippen LogP contribution is -2.43. The molecule has 1 saturated heterocycles. The van der Waals surface area contributed by atoms with Crippen molar-refractivity contribution in [1.82, 2.24) is 4.90 Å². The molecule has 1 amide bonds. The number of carbonyl (C=O) groups is 1. The molecule has 0 atom stereocenters. The Hall–Kier alpha value is -2.38. The van der Waals surface area contributed by atoms with Crippen molar-refractivity contribution >= 4 is 34.6 Å². The summed E-state index contributed by atoms with van der Waals surface area (Å²) in [5.41, 5.74) is 0.572. The molecule has 8 heteroatoms. The lowest BCUT2D eigenvalue weighted by Gasteiger charge is -2.30. The number of amides is 1. The van der Waals surface area contributed by atoms with Crippen LogP contribution in [0.25, 0.3) is 0 Å². The molecule has 1 fully saturated rings. The first-order valence-corrected chi connectivity index (χ1v) is 9.81. The highest BCUT2D eigenvalue weighted by molar-refractivity contribution is 6.54. The minimum absolute atomic E-state index is 0.0414. The minimum Gasteiger partial charge on any atom is -0.293 e. The van der Waals surface area contributed by atoms with Crippen LogP contribution in [0.3, 0.4) is 0 Å². The van der Waals surface area contributed by atoms with Crippen molar-refractivity contribution in [1.29, 1.82) is 0 Å². The minimum atomic E-state index is -4.59. The molecule has 2 aromatic rings. The third-order valence-electron chi connectivity index (χ3n) is 5.18. The van der Waals surface area contributed by atoms with Gasteiger partial charge in [0.1, 0.15) is 5.71 Å². The summed E-state index contributed by atoms with van der Waals surface area (Å²) in [6, 6.07) is 10.6. The SMILES string of the molecule is O=C1C(=Nc2ccc(Cl)c(C(F)(F)F)c2)c2ccccc2N1CN1CCCCC1. The lowest BCUT2D eigenvalue weighted by atomic mass is 10.1. The molecule has 0 bridgehead atoms. The number of carbonyl (C=O) groups excluding carboxylic acids is 1. The van der Waals surface area contributed by atoms with E-state index in [2.05, 4.69) is 9.89 Å². The molecule has 0 spiro atoms. The number of nitrogens with zero attached hydrogens (tertiary/aromatic N) is 3. The molecule has 29 heavy (non-hydrogen) atoms. The number of piperidine rings is 1. The molecule has 0 radical (unpaired) electrons. The van der Waals surface area contributed by atoms with Crippen LogP contribution in [0.15, 0.2) is 47.5 Å². The molecule has 2 aromatic carbocycles. The number of hydrogen-bond donors (Lipinski definition) is 0. The van der Waals surface area contributed by atoms with E-state index in [0.717, 1.165) is 43.8 Å². The summed E-state index contributed by atoms with van der Waals surface area (Å²) in [7, 11) is 0. The van der Waals surface area contributed by atoms with Crippen molar-refractivity contribution in [3.63, 3.8) is 0 Å². The van der Waals surface area contributed by atoms with E-state index in [9.17, 15) is 18.0 Å². The van der Waals surface area contributed by atoms with Gasteiger partial charge in [-0.2, -0.15) is 13.2 Å². The quantitative estimate of drug-likeness (QED) is 0.676. The molecular formula is C21H19ClF3N3O. The second-order valence-corrected chi connectivity index (χ2v) is 7.60. The van der Waals surface area contributed by atoms with Gasteiger partial charge in [0.05, 0.1) is 28.6 Å². The maximum atomic E-state index is 13.2. The number of halogens is 4. The summed E-state index contributed by atoms with van der Waals surface area (Å²) in [5, 5.41) is -0.397. The molecule has 2 heterocycles. The zero-order valence-corrected chi connectivity index (χ0v) is 16.3. The molecular weight excluding hydrogens is 403 g/mol. The number of fused-ring (bicyclic) bond motifs is 1. The van der Waals surface area contributed by atoms with Crippen LogP contribution in [0.4, 0.5) is 24.5 Å². The van der Waals surface area contributed by atoms with Crippen LogP contribution in [0, 0.1) is 0 Å². The number of likely N-dealkylation sites (tertiary alicyclic amines) is 1. The van der Waals surface area contributed by atoms with Gasteiger partial charge in [0, 0.05) is 5.56 Å². The number of alkyl halides is 3. The van der Waals surface area contributed by atoms with Gasteiger partial charge >= 0.3 is 6.18 Å². The Morgan fingerprint density at radius 2 is 1.76 bits per heavy atom. The maximum Gasteiger partial charge on any atom is 0.417 e. The predicted molar refractivity (Wildman–Crippen MR) is 107 cm³/mol. The first-order valence-electron chi connectivity index (χ1n) is 9.43. The van der Waals surface area contributed by atoms with Gasteiger partial charge < -0.3 is 0 Å². The van der Waals surface area contributed by atoms with Crippen LogP contribution in [0.1, 0.15) is 30.4 Å². The second kappa shape index (κ2) is 7.80. The third kappa shape index (κ3) is 4.02. The number of anilines is 1. The van der Waals surface area contributed by atoms with Gasteiger partial charge in [0.25, 0.3) is 5.91 Å². The standard InChI is InChI=1S/C21H19ClF3N3O/c22-17-9-8-14(12-16(17)21(23,24)25)26-19-15-6-2-3-7-18(15)28(20(19)29)13-27-10-4-1-5-11-27/h2-3,6-9,12H,1,4-5,10-11,13H2. The Morgan fingerprint density at radius 3 is 2.48 bits per heavy atom. The Morgan fingerprint density at radius 1 is 1.03 bits per heavy atom. The van der Waals surface area contributed by atoms with Gasteiger partial charge in [0.15, 0.2) is 0 Å². The van der Waals surface area contributed by atoms with E-state index < -0.39 is 16.8 Å². The van der Waals surface area contributed by atoms with Gasteiger partial charge in [-0.05, 0) is 50.2 Å². The van der Waals surface area contributed by atoms with Crippen molar-refractivity contribution in [2.24, 2.45) is 4.99 Å². The van der Waals surface area contributed by atoms with E-state index in [1.165, 1.54) is 12.5 Å². The Kier molecular flexibility index (Phi) is 5.36. The highest BCUT2D eigenvalue weighted by atomic mass is 35.5. The van der Waals surface area contributed by atoms with Crippen molar-refractivity contribution < 1.29 is 18.0 Å². The van der Waals surface area contributed by atoms with Crippen LogP contribution in [0.2, 0.25) is 5.02 Å². The largest absolute Gasteiger partial charge is 0.417 e. The summed E-state index contributed by atoms with van der Waals surface area (Å²) < 4.78 is 39.5. The third-order valence-corrected chi connectivity index (χ3v) is 5.51. The van der Waals surface area contributed by atoms with Crippen molar-refractivity contribution in [3.8, 4) is 0 Å². The predicted octanol–water partition coefficient (Wildman–Crippen LogP) is 5.27. The van der Waals surface area contributed by atoms with Crippen molar-refractivity contribution in [3.05, 3.63) is 58.6 Å². The number of rotatable bonds is 3. The van der Waals surface area contributed by atoms with Crippen LogP contribution in [-0.4, -0.2) is 36.3 Å². The summed E-state index contributed by atoms with van der Waals surface area (Å²) in [6.07, 6.45) is -1.22. The molecule has 2 aliphatic rings. The molecule has 0 aliphatic carbocycles. The fourth-order valence-electron chi connectivity index (χ4n) is 3.74. The van der Waals surface area contributed by atoms with Crippen LogP contribution in [0.5, 0.6) is 0 Å². The van der Waals surface area contributed by atoms with Crippen LogP contribution < -0.4 is 4.90 Å². The van der Waals surface area contributed by atoms with Gasteiger partial charge in [-0.1, -0.05) is 36.2 Å². The van der Waals surface area contributed by atoms with Gasteiger partial charge in [-0.3, -0.25) is 14.6 Å². The first kappa shape index (κ1) is 19.9. The fraction of sp³-hybridized carbons (Fsp3) is 0.333. The number of hydrogen-bond acceptors (Lipinski definition) is 3. The van der Waals surface area contributed by atoms with E-state index in [4.69, 9.17) is 11.6 Å². The van der Waals surface area contributed by atoms with Crippen LogP contribution in [-0.2, 0) is 11.0 Å². The molecule has 4 rings (SSSR count). The summed E-state index contributed by atoms with van der Waals surface area (Å²) in [4.78, 5) is 21.3. The van der Waals surface area contributed by atoms with E-state index in [1.807, 2.05) is 12.1 Å². The molecule has 0 N–H and O–H groups in total. The number of aliphatic imine (C=N–C) groups is 1. The molecule has 0 unspecified atom stereocenters. The first-order chi connectivity index (χ1) is 13.8. The average molecular weight is 422 g/mol. The van der Waals surface area contributed by atoms with Gasteiger partial charge in [-0.15, -0.1) is 0 Å². The van der Waals surface area contributed by atoms with E-state index >= 15 is 0 Å². The number of para-hydroxylation sites is 1. The highest BCUT2D eigenvalue weighted by Gasteiger charge is 2.36. The number of benzene rings is 2. The van der Waals surface area contributed by atoms with Crippen LogP contribution >= 0.6 is 11.6 Å². The summed E-state index contributed by atoms with van der Waals surface area (Å²) in [6.45, 7) is 2.29. The molecule has 2 aliphatic heterocycles. The average Bonchev–Trinajstić information content (AvgIpc) is 2.95. The lowest BCUT2D eigenvalue weighted by molar-refractivity contribution is -0.137. The van der Waals surface area contributed by atoms with Crippen molar-refractivity contribution in [2.45, 2.75) is 25.4 Å². The Labute approximate surface area is 171 Å². The van der Waals surface area contributed by atoms with E-state index in [1.54, 1.807) is 17.0 Å².